The van der Waals surface area contributed by atoms with Crippen molar-refractivity contribution in [1.82, 2.24) is 4.98 Å². The zero-order valence-corrected chi connectivity index (χ0v) is 14.6. The lowest BCUT2D eigenvalue weighted by Crippen LogP contribution is -1.91. The highest BCUT2D eigenvalue weighted by molar-refractivity contribution is 7.16. The van der Waals surface area contributed by atoms with Gasteiger partial charge in [0, 0.05) is 16.1 Å². The monoisotopic (exact) mass is 324 g/mol. The second kappa shape index (κ2) is 6.42. The smallest absolute Gasteiger partial charge is 0.187 e. The summed E-state index contributed by atoms with van der Waals surface area (Å²) < 4.78 is 5.18. The van der Waals surface area contributed by atoms with Crippen LogP contribution in [0.5, 0.6) is 5.75 Å². The molecule has 0 atom stereocenters. The minimum Gasteiger partial charge on any atom is -0.497 e. The predicted octanol–water partition coefficient (Wildman–Crippen LogP) is 5.49. The maximum atomic E-state index is 5.18. The number of hydrogen-bond donors (Lipinski definition) is 1. The van der Waals surface area contributed by atoms with E-state index < -0.39 is 0 Å². The van der Waals surface area contributed by atoms with E-state index in [9.17, 15) is 0 Å². The van der Waals surface area contributed by atoms with E-state index in [0.29, 0.717) is 0 Å². The molecular weight excluding hydrogens is 304 g/mol. The molecule has 3 rings (SSSR count). The lowest BCUT2D eigenvalue weighted by atomic mass is 10.0. The number of aryl methyl sites for hydroxylation is 3. The summed E-state index contributed by atoms with van der Waals surface area (Å²) in [5, 5.41) is 4.28. The summed E-state index contributed by atoms with van der Waals surface area (Å²) in [5.41, 5.74) is 5.78. The van der Waals surface area contributed by atoms with Crippen molar-refractivity contribution >= 4 is 22.2 Å². The Morgan fingerprint density at radius 3 is 2.43 bits per heavy atom. The summed E-state index contributed by atoms with van der Waals surface area (Å²) in [5.74, 6) is 0.849. The molecule has 1 heterocycles. The van der Waals surface area contributed by atoms with Crippen molar-refractivity contribution in [3.8, 4) is 17.0 Å². The molecule has 0 saturated carbocycles. The quantitative estimate of drug-likeness (QED) is 0.689. The van der Waals surface area contributed by atoms with E-state index in [1.807, 2.05) is 24.3 Å². The highest BCUT2D eigenvalue weighted by Gasteiger charge is 2.12. The molecular formula is C19H20N2OS. The highest BCUT2D eigenvalue weighted by Crippen LogP contribution is 2.34. The van der Waals surface area contributed by atoms with E-state index in [2.05, 4.69) is 44.3 Å². The van der Waals surface area contributed by atoms with Gasteiger partial charge in [-0.15, -0.1) is 11.3 Å². The van der Waals surface area contributed by atoms with Crippen LogP contribution >= 0.6 is 11.3 Å². The van der Waals surface area contributed by atoms with Crippen molar-refractivity contribution in [2.45, 2.75) is 20.8 Å². The van der Waals surface area contributed by atoms with Gasteiger partial charge in [0.25, 0.3) is 0 Å². The fraction of sp³-hybridized carbons (Fsp3) is 0.211. The lowest BCUT2D eigenvalue weighted by Gasteiger charge is -2.06. The topological polar surface area (TPSA) is 34.1 Å². The largest absolute Gasteiger partial charge is 0.497 e. The minimum absolute atomic E-state index is 0.849. The lowest BCUT2D eigenvalue weighted by molar-refractivity contribution is 0.415. The third-order valence-electron chi connectivity index (χ3n) is 3.79. The number of nitrogens with one attached hydrogen (secondary N) is 1. The van der Waals surface area contributed by atoms with Gasteiger partial charge in [0.1, 0.15) is 5.75 Å². The van der Waals surface area contributed by atoms with Crippen LogP contribution in [-0.2, 0) is 0 Å². The van der Waals surface area contributed by atoms with Crippen LogP contribution in [-0.4, -0.2) is 12.1 Å². The molecule has 0 saturated heterocycles. The fourth-order valence-electron chi connectivity index (χ4n) is 2.49. The van der Waals surface area contributed by atoms with Crippen LogP contribution in [0.4, 0.5) is 10.8 Å². The summed E-state index contributed by atoms with van der Waals surface area (Å²) in [7, 11) is 1.67. The van der Waals surface area contributed by atoms with Gasteiger partial charge in [-0.25, -0.2) is 4.98 Å². The Balaban J connectivity index is 1.89. The van der Waals surface area contributed by atoms with Crippen molar-refractivity contribution in [1.29, 1.82) is 0 Å². The predicted molar refractivity (Wildman–Crippen MR) is 98.0 cm³/mol. The van der Waals surface area contributed by atoms with Gasteiger partial charge in [0.2, 0.25) is 0 Å². The SMILES string of the molecule is COc1ccc(Nc2nc(-c3cc(C)ccc3C)c(C)s2)cc1. The average molecular weight is 324 g/mol. The number of benzene rings is 2. The molecule has 3 aromatic rings. The molecule has 0 radical (unpaired) electrons. The summed E-state index contributed by atoms with van der Waals surface area (Å²) in [6.45, 7) is 6.36. The van der Waals surface area contributed by atoms with Gasteiger partial charge in [-0.3, -0.25) is 0 Å². The van der Waals surface area contributed by atoms with Crippen molar-refractivity contribution in [2.75, 3.05) is 12.4 Å². The van der Waals surface area contributed by atoms with Gasteiger partial charge in [0.15, 0.2) is 5.13 Å². The Labute approximate surface area is 141 Å². The van der Waals surface area contributed by atoms with Crippen molar-refractivity contribution in [3.63, 3.8) is 0 Å². The van der Waals surface area contributed by atoms with E-state index in [0.717, 1.165) is 22.3 Å². The van der Waals surface area contributed by atoms with Gasteiger partial charge < -0.3 is 10.1 Å². The normalized spacial score (nSPS) is 10.6. The Bertz CT molecular complexity index is 822. The van der Waals surface area contributed by atoms with Gasteiger partial charge in [-0.2, -0.15) is 0 Å². The second-order valence-electron chi connectivity index (χ2n) is 5.60. The molecule has 0 spiro atoms. The standard InChI is InChI=1S/C19H20N2OS/c1-12-5-6-13(2)17(11-12)18-14(3)23-19(21-18)20-15-7-9-16(22-4)10-8-15/h5-11H,1-4H3,(H,20,21). The van der Waals surface area contributed by atoms with Gasteiger partial charge in [-0.05, 0) is 56.7 Å². The number of thiazole rings is 1. The molecule has 118 valence electrons. The number of rotatable bonds is 4. The van der Waals surface area contributed by atoms with E-state index in [1.54, 1.807) is 18.4 Å². The number of methoxy groups -OCH3 is 1. The number of hydrogen-bond acceptors (Lipinski definition) is 4. The molecule has 2 aromatic carbocycles. The van der Waals surface area contributed by atoms with Crippen molar-refractivity contribution in [3.05, 3.63) is 58.5 Å². The first-order valence-electron chi connectivity index (χ1n) is 7.53. The average Bonchev–Trinajstić information content (AvgIpc) is 2.91. The van der Waals surface area contributed by atoms with Crippen LogP contribution in [0.25, 0.3) is 11.3 Å². The Hall–Kier alpha value is -2.33. The molecule has 23 heavy (non-hydrogen) atoms. The molecule has 3 nitrogen and oxygen atoms in total. The summed E-state index contributed by atoms with van der Waals surface area (Å²) in [4.78, 5) is 6.01. The minimum atomic E-state index is 0.849. The Morgan fingerprint density at radius 2 is 1.74 bits per heavy atom. The van der Waals surface area contributed by atoms with Crippen LogP contribution in [0, 0.1) is 20.8 Å². The molecule has 0 bridgehead atoms. The molecule has 1 N–H and O–H groups in total. The van der Waals surface area contributed by atoms with E-state index >= 15 is 0 Å². The zero-order valence-electron chi connectivity index (χ0n) is 13.8. The van der Waals surface area contributed by atoms with Crippen LogP contribution in [0.1, 0.15) is 16.0 Å². The van der Waals surface area contributed by atoms with E-state index in [4.69, 9.17) is 9.72 Å². The van der Waals surface area contributed by atoms with Crippen LogP contribution in [0.15, 0.2) is 42.5 Å². The third-order valence-corrected chi connectivity index (χ3v) is 4.67. The maximum Gasteiger partial charge on any atom is 0.187 e. The zero-order chi connectivity index (χ0) is 16.4. The first-order valence-corrected chi connectivity index (χ1v) is 8.34. The molecule has 0 aliphatic carbocycles. The second-order valence-corrected chi connectivity index (χ2v) is 6.80. The first-order chi connectivity index (χ1) is 11.1. The van der Waals surface area contributed by atoms with Gasteiger partial charge in [0.05, 0.1) is 12.8 Å². The molecule has 0 unspecified atom stereocenters. The molecule has 0 aliphatic heterocycles. The van der Waals surface area contributed by atoms with Crippen LogP contribution in [0.2, 0.25) is 0 Å². The number of nitrogens with zero attached hydrogens (tertiary/aromatic N) is 1. The number of aromatic nitrogens is 1. The van der Waals surface area contributed by atoms with Gasteiger partial charge in [-0.1, -0.05) is 17.7 Å². The molecule has 0 amide bonds. The Morgan fingerprint density at radius 1 is 1.00 bits per heavy atom. The summed E-state index contributed by atoms with van der Waals surface area (Å²) in [6, 6.07) is 14.4. The summed E-state index contributed by atoms with van der Waals surface area (Å²) in [6.07, 6.45) is 0. The molecule has 0 fully saturated rings. The number of anilines is 2. The van der Waals surface area contributed by atoms with Crippen molar-refractivity contribution < 1.29 is 4.74 Å². The van der Waals surface area contributed by atoms with Crippen molar-refractivity contribution in [2.24, 2.45) is 0 Å². The molecule has 4 heteroatoms. The number of ether oxygens (including phenoxy) is 1. The third kappa shape index (κ3) is 3.37. The first kappa shape index (κ1) is 15.6. The Kier molecular flexibility index (Phi) is 4.35. The van der Waals surface area contributed by atoms with Gasteiger partial charge >= 0.3 is 0 Å². The molecule has 0 aliphatic rings. The maximum absolute atomic E-state index is 5.18. The van der Waals surface area contributed by atoms with E-state index in [1.165, 1.54) is 21.6 Å². The van der Waals surface area contributed by atoms with Crippen LogP contribution < -0.4 is 10.1 Å². The molecule has 1 aromatic heterocycles. The highest BCUT2D eigenvalue weighted by atomic mass is 32.1. The van der Waals surface area contributed by atoms with Crippen LogP contribution in [0.3, 0.4) is 0 Å². The summed E-state index contributed by atoms with van der Waals surface area (Å²) >= 11 is 1.68. The van der Waals surface area contributed by atoms with E-state index in [-0.39, 0.29) is 0 Å². The fourth-order valence-corrected chi connectivity index (χ4v) is 3.34.